The first-order chi connectivity index (χ1) is 18.8. The molecule has 1 aliphatic rings. The van der Waals surface area contributed by atoms with Gasteiger partial charge in [0.05, 0.1) is 30.4 Å². The minimum Gasteiger partial charge on any atom is -0.490 e. The maximum absolute atomic E-state index is 14.1. The lowest BCUT2D eigenvalue weighted by atomic mass is 10.0. The Kier molecular flexibility index (Phi) is 11.0. The van der Waals surface area contributed by atoms with E-state index in [1.165, 1.54) is 13.0 Å². The monoisotopic (exact) mass is 580 g/mol. The summed E-state index contributed by atoms with van der Waals surface area (Å²) in [5.74, 6) is 0.129. The number of benzene rings is 1. The number of fused-ring (bicyclic) bond motifs is 1. The van der Waals surface area contributed by atoms with E-state index in [1.54, 1.807) is 30.9 Å². The zero-order valence-electron chi connectivity index (χ0n) is 24.6. The lowest BCUT2D eigenvalue weighted by Crippen LogP contribution is -2.47. The van der Waals surface area contributed by atoms with E-state index in [0.717, 1.165) is 19.3 Å². The Hall–Kier alpha value is -2.67. The first kappa shape index (κ1) is 31.9. The normalized spacial score (nSPS) is 22.4. The number of nitrogens with zero attached hydrogens (tertiary/aromatic N) is 3. The Bertz CT molecular complexity index is 1230. The highest BCUT2D eigenvalue weighted by Gasteiger charge is 2.31. The Morgan fingerprint density at radius 3 is 2.58 bits per heavy atom. The number of aromatic nitrogens is 1. The third kappa shape index (κ3) is 7.96. The Balaban J connectivity index is 2.04. The highest BCUT2D eigenvalue weighted by molar-refractivity contribution is 7.92. The van der Waals surface area contributed by atoms with E-state index < -0.39 is 16.1 Å². The number of aliphatic hydroxyl groups is 1. The van der Waals surface area contributed by atoms with Crippen LogP contribution in [0.25, 0.3) is 0 Å². The first-order valence-electron chi connectivity index (χ1n) is 13.8. The van der Waals surface area contributed by atoms with Gasteiger partial charge in [-0.1, -0.05) is 12.1 Å². The van der Waals surface area contributed by atoms with Crippen LogP contribution in [0.2, 0.25) is 0 Å². The Morgan fingerprint density at radius 2 is 1.95 bits per heavy atom. The molecular weight excluding hydrogens is 536 g/mol. The number of carbonyl (C=O) groups excluding carboxylic acids is 1. The molecule has 2 aromatic rings. The van der Waals surface area contributed by atoms with E-state index in [2.05, 4.69) is 14.8 Å². The molecular formula is C28H44N4O7S. The van der Waals surface area contributed by atoms with Crippen molar-refractivity contribution in [2.24, 2.45) is 5.92 Å². The molecule has 12 heteroatoms. The number of likely N-dealkylation sites (N-methyl/N-ethyl adjacent to an activating group) is 1. The smallest absolute Gasteiger partial charge is 0.267 e. The van der Waals surface area contributed by atoms with Crippen molar-refractivity contribution in [2.45, 2.75) is 77.0 Å². The molecule has 0 aliphatic carbocycles. The van der Waals surface area contributed by atoms with Crippen molar-refractivity contribution >= 4 is 21.6 Å². The first-order valence-corrected chi connectivity index (χ1v) is 15.3. The zero-order chi connectivity index (χ0) is 29.6. The number of nitrogens with one attached hydrogen (secondary N) is 1. The second kappa shape index (κ2) is 13.8. The summed E-state index contributed by atoms with van der Waals surface area (Å²) < 4.78 is 46.4. The molecule has 1 aromatic heterocycles. The SMILES string of the molecule is Cc1noc(C)c1S(=O)(=O)Nc1ccc2c(c1)C(=O)N([C@@H](C)CO)C[C@@H](C)[C@H](CN(C)C)OCCCC[C@H](C)O2. The van der Waals surface area contributed by atoms with Crippen LogP contribution in [0.3, 0.4) is 0 Å². The summed E-state index contributed by atoms with van der Waals surface area (Å²) in [4.78, 5) is 17.8. The highest BCUT2D eigenvalue weighted by Crippen LogP contribution is 2.30. The van der Waals surface area contributed by atoms with E-state index in [0.29, 0.717) is 25.4 Å². The highest BCUT2D eigenvalue weighted by atomic mass is 32.2. The van der Waals surface area contributed by atoms with Gasteiger partial charge in [-0.05, 0) is 79.3 Å². The van der Waals surface area contributed by atoms with E-state index >= 15 is 0 Å². The molecule has 0 spiro atoms. The molecule has 1 aromatic carbocycles. The number of rotatable bonds is 7. The topological polar surface area (TPSA) is 134 Å². The molecule has 0 fully saturated rings. The van der Waals surface area contributed by atoms with Crippen LogP contribution in [-0.2, 0) is 14.8 Å². The van der Waals surface area contributed by atoms with Crippen molar-refractivity contribution in [2.75, 3.05) is 45.1 Å². The fourth-order valence-corrected chi connectivity index (χ4v) is 6.25. The summed E-state index contributed by atoms with van der Waals surface area (Å²) in [6.07, 6.45) is 2.26. The van der Waals surface area contributed by atoms with E-state index in [4.69, 9.17) is 14.0 Å². The molecule has 0 unspecified atom stereocenters. The zero-order valence-corrected chi connectivity index (χ0v) is 25.5. The van der Waals surface area contributed by atoms with Crippen molar-refractivity contribution in [3.05, 3.63) is 35.2 Å². The fourth-order valence-electron chi connectivity index (χ4n) is 4.87. The second-order valence-corrected chi connectivity index (χ2v) is 12.7. The van der Waals surface area contributed by atoms with Gasteiger partial charge in [-0.2, -0.15) is 0 Å². The Labute approximate surface area is 237 Å². The van der Waals surface area contributed by atoms with Crippen LogP contribution in [0, 0.1) is 19.8 Å². The minimum absolute atomic E-state index is 0.0344. The molecule has 0 saturated heterocycles. The number of ether oxygens (including phenoxy) is 2. The molecule has 1 aliphatic heterocycles. The maximum atomic E-state index is 14.1. The number of hydrogen-bond donors (Lipinski definition) is 2. The van der Waals surface area contributed by atoms with Crippen LogP contribution in [0.1, 0.15) is 61.8 Å². The number of anilines is 1. The number of sulfonamides is 1. The van der Waals surface area contributed by atoms with Gasteiger partial charge in [0.2, 0.25) is 0 Å². The number of aliphatic hydroxyl groups excluding tert-OH is 1. The number of aryl methyl sites for hydroxylation is 2. The summed E-state index contributed by atoms with van der Waals surface area (Å²) in [6, 6.07) is 4.18. The summed E-state index contributed by atoms with van der Waals surface area (Å²) in [7, 11) is -0.0559. The lowest BCUT2D eigenvalue weighted by molar-refractivity contribution is -0.0137. The molecule has 0 bridgehead atoms. The molecule has 40 heavy (non-hydrogen) atoms. The van der Waals surface area contributed by atoms with Crippen LogP contribution in [0.15, 0.2) is 27.6 Å². The molecule has 3 rings (SSSR count). The van der Waals surface area contributed by atoms with Crippen LogP contribution in [0.4, 0.5) is 5.69 Å². The molecule has 11 nitrogen and oxygen atoms in total. The summed E-state index contributed by atoms with van der Waals surface area (Å²) in [6.45, 7) is 10.3. The van der Waals surface area contributed by atoms with Crippen LogP contribution >= 0.6 is 0 Å². The van der Waals surface area contributed by atoms with Gasteiger partial charge in [-0.25, -0.2) is 8.42 Å². The number of carbonyl (C=O) groups is 1. The van der Waals surface area contributed by atoms with Crippen molar-refractivity contribution < 1.29 is 32.3 Å². The van der Waals surface area contributed by atoms with Gasteiger partial charge in [0.25, 0.3) is 15.9 Å². The van der Waals surface area contributed by atoms with Gasteiger partial charge < -0.3 is 28.9 Å². The van der Waals surface area contributed by atoms with E-state index in [9.17, 15) is 18.3 Å². The quantitative estimate of drug-likeness (QED) is 0.505. The molecule has 224 valence electrons. The largest absolute Gasteiger partial charge is 0.490 e. The fraction of sp³-hybridized carbons (Fsp3) is 0.643. The van der Waals surface area contributed by atoms with E-state index in [1.807, 2.05) is 27.9 Å². The van der Waals surface area contributed by atoms with Gasteiger partial charge in [0, 0.05) is 31.3 Å². The summed E-state index contributed by atoms with van der Waals surface area (Å²) in [5, 5.41) is 13.8. The Morgan fingerprint density at radius 1 is 1.23 bits per heavy atom. The van der Waals surface area contributed by atoms with Crippen molar-refractivity contribution in [1.82, 2.24) is 15.0 Å². The van der Waals surface area contributed by atoms with Crippen LogP contribution < -0.4 is 9.46 Å². The van der Waals surface area contributed by atoms with Gasteiger partial charge in [0.15, 0.2) is 10.7 Å². The molecule has 1 amide bonds. The average molecular weight is 581 g/mol. The number of amides is 1. The molecule has 2 heterocycles. The molecule has 0 saturated carbocycles. The average Bonchev–Trinajstić information content (AvgIpc) is 3.23. The van der Waals surface area contributed by atoms with Gasteiger partial charge >= 0.3 is 0 Å². The molecule has 0 radical (unpaired) electrons. The predicted octanol–water partition coefficient (Wildman–Crippen LogP) is 3.45. The van der Waals surface area contributed by atoms with E-state index in [-0.39, 0.29) is 58.2 Å². The van der Waals surface area contributed by atoms with Gasteiger partial charge in [-0.15, -0.1) is 0 Å². The standard InChI is InChI=1S/C28H44N4O7S/c1-18-15-32(19(2)17-33)28(34)24-14-23(30-40(35,36)27-21(4)29-39-22(27)5)11-12-25(24)38-20(3)10-8-9-13-37-26(18)16-31(6)7/h11-12,14,18-20,26,30,33H,8-10,13,15-17H2,1-7H3/t18-,19+,20+,26+/m1/s1. The summed E-state index contributed by atoms with van der Waals surface area (Å²) in [5.41, 5.74) is 0.645. The van der Waals surface area contributed by atoms with Crippen molar-refractivity contribution in [3.63, 3.8) is 0 Å². The second-order valence-electron chi connectivity index (χ2n) is 11.0. The molecule has 4 atom stereocenters. The van der Waals surface area contributed by atoms with Crippen LogP contribution in [0.5, 0.6) is 5.75 Å². The maximum Gasteiger partial charge on any atom is 0.267 e. The third-order valence-corrected chi connectivity index (χ3v) is 8.71. The van der Waals surface area contributed by atoms with Crippen molar-refractivity contribution in [3.8, 4) is 5.75 Å². The van der Waals surface area contributed by atoms with Gasteiger partial charge in [0.1, 0.15) is 11.4 Å². The van der Waals surface area contributed by atoms with Crippen molar-refractivity contribution in [1.29, 1.82) is 0 Å². The minimum atomic E-state index is -4.03. The van der Waals surface area contributed by atoms with Gasteiger partial charge in [-0.3, -0.25) is 9.52 Å². The lowest BCUT2D eigenvalue weighted by Gasteiger charge is -2.35. The number of hydrogen-bond acceptors (Lipinski definition) is 9. The molecule has 2 N–H and O–H groups in total. The summed E-state index contributed by atoms with van der Waals surface area (Å²) >= 11 is 0. The van der Waals surface area contributed by atoms with Crippen LogP contribution in [-0.4, -0.2) is 93.0 Å². The third-order valence-electron chi connectivity index (χ3n) is 7.09. The predicted molar refractivity (Wildman–Crippen MR) is 152 cm³/mol.